The lowest BCUT2D eigenvalue weighted by Crippen LogP contribution is -2.45. The number of carbonyl (C=O) groups is 1. The molecule has 0 bridgehead atoms. The molecule has 0 spiro atoms. The van der Waals surface area contributed by atoms with Crippen LogP contribution >= 0.6 is 0 Å². The first kappa shape index (κ1) is 20.8. The molecule has 10 heteroatoms. The van der Waals surface area contributed by atoms with Crippen molar-refractivity contribution in [1.82, 2.24) is 9.62 Å². The molecule has 1 amide bonds. The second-order valence-corrected chi connectivity index (χ2v) is 8.96. The number of carbonyl (C=O) groups excluding carboxylic acids is 1. The third-order valence-electron chi connectivity index (χ3n) is 4.75. The fourth-order valence-corrected chi connectivity index (χ4v) is 4.69. The van der Waals surface area contributed by atoms with Crippen molar-refractivity contribution >= 4 is 15.9 Å². The van der Waals surface area contributed by atoms with Crippen LogP contribution in [0.25, 0.3) is 0 Å². The largest absolute Gasteiger partial charge is 0.416 e. The number of hydrogen-bond donors (Lipinski definition) is 1. The Morgan fingerprint density at radius 3 is 2.64 bits per heavy atom. The monoisotopic (exact) mass is 418 g/mol. The Hall–Kier alpha value is -1.91. The SMILES string of the molecule is C=CC(=O)N1C[C@@H](NS(=O)(=O)C2CC2)[C@H](OCc2cccc(C(F)(F)F)c2)C1. The molecular weight excluding hydrogens is 397 g/mol. The van der Waals surface area contributed by atoms with Crippen LogP contribution in [-0.4, -0.2) is 49.7 Å². The van der Waals surface area contributed by atoms with E-state index >= 15 is 0 Å². The summed E-state index contributed by atoms with van der Waals surface area (Å²) in [4.78, 5) is 13.3. The number of amides is 1. The Morgan fingerprint density at radius 1 is 1.32 bits per heavy atom. The Morgan fingerprint density at radius 2 is 2.04 bits per heavy atom. The number of halogens is 3. The zero-order valence-electron chi connectivity index (χ0n) is 15.0. The van der Waals surface area contributed by atoms with Crippen LogP contribution in [0.3, 0.4) is 0 Å². The minimum absolute atomic E-state index is 0.115. The van der Waals surface area contributed by atoms with Gasteiger partial charge >= 0.3 is 6.18 Å². The van der Waals surface area contributed by atoms with Gasteiger partial charge in [-0.15, -0.1) is 0 Å². The van der Waals surface area contributed by atoms with Crippen LogP contribution in [-0.2, 0) is 32.3 Å². The highest BCUT2D eigenvalue weighted by molar-refractivity contribution is 7.90. The molecule has 1 heterocycles. The number of rotatable bonds is 7. The highest BCUT2D eigenvalue weighted by Gasteiger charge is 2.42. The molecule has 0 aromatic heterocycles. The molecule has 2 aliphatic rings. The first-order valence-electron chi connectivity index (χ1n) is 8.80. The molecule has 1 saturated heterocycles. The van der Waals surface area contributed by atoms with Crippen LogP contribution in [0.1, 0.15) is 24.0 Å². The maximum absolute atomic E-state index is 12.8. The molecule has 1 aliphatic heterocycles. The number of benzene rings is 1. The molecule has 0 unspecified atom stereocenters. The highest BCUT2D eigenvalue weighted by atomic mass is 32.2. The van der Waals surface area contributed by atoms with Gasteiger partial charge in [0.25, 0.3) is 0 Å². The summed E-state index contributed by atoms with van der Waals surface area (Å²) in [5, 5.41) is -0.430. The number of likely N-dealkylation sites (tertiary alicyclic amines) is 1. The van der Waals surface area contributed by atoms with Gasteiger partial charge in [0.2, 0.25) is 15.9 Å². The normalized spacial score (nSPS) is 23.0. The van der Waals surface area contributed by atoms with E-state index in [0.29, 0.717) is 18.4 Å². The Balaban J connectivity index is 1.70. The minimum Gasteiger partial charge on any atom is -0.370 e. The number of hydrogen-bond acceptors (Lipinski definition) is 4. The molecule has 1 N–H and O–H groups in total. The quantitative estimate of drug-likeness (QED) is 0.688. The van der Waals surface area contributed by atoms with E-state index in [1.54, 1.807) is 0 Å². The van der Waals surface area contributed by atoms with Crippen molar-refractivity contribution in [3.8, 4) is 0 Å². The smallest absolute Gasteiger partial charge is 0.370 e. The summed E-state index contributed by atoms with van der Waals surface area (Å²) in [6.45, 7) is 3.53. The van der Waals surface area contributed by atoms with Crippen molar-refractivity contribution in [1.29, 1.82) is 0 Å². The van der Waals surface area contributed by atoms with Gasteiger partial charge in [0, 0.05) is 13.1 Å². The molecule has 1 aliphatic carbocycles. The van der Waals surface area contributed by atoms with E-state index in [-0.39, 0.29) is 25.6 Å². The van der Waals surface area contributed by atoms with E-state index in [1.807, 2.05) is 0 Å². The van der Waals surface area contributed by atoms with E-state index in [1.165, 1.54) is 17.0 Å². The standard InChI is InChI=1S/C18H21F3N2O4S/c1-2-17(24)23-9-15(22-28(25,26)14-6-7-14)16(10-23)27-11-12-4-3-5-13(8-12)18(19,20)21/h2-5,8,14-16,22H,1,6-7,9-11H2/t15-,16-/m1/s1. The first-order chi connectivity index (χ1) is 13.1. The Labute approximate surface area is 161 Å². The summed E-state index contributed by atoms with van der Waals surface area (Å²) in [5.41, 5.74) is -0.471. The van der Waals surface area contributed by atoms with Gasteiger partial charge in [0.15, 0.2) is 0 Å². The van der Waals surface area contributed by atoms with Crippen molar-refractivity contribution in [3.05, 3.63) is 48.0 Å². The van der Waals surface area contributed by atoms with Crippen LogP contribution in [0.2, 0.25) is 0 Å². The Bertz CT molecular complexity index is 853. The van der Waals surface area contributed by atoms with Crippen LogP contribution in [0, 0.1) is 0 Å². The average Bonchev–Trinajstić information content (AvgIpc) is 3.42. The van der Waals surface area contributed by atoms with Gasteiger partial charge in [-0.1, -0.05) is 18.7 Å². The van der Waals surface area contributed by atoms with Crippen LogP contribution in [0.15, 0.2) is 36.9 Å². The minimum atomic E-state index is -4.46. The average molecular weight is 418 g/mol. The summed E-state index contributed by atoms with van der Waals surface area (Å²) in [6, 6.07) is 4.08. The van der Waals surface area contributed by atoms with Gasteiger partial charge in [0.05, 0.1) is 29.6 Å². The summed E-state index contributed by atoms with van der Waals surface area (Å²) in [7, 11) is -3.51. The lowest BCUT2D eigenvalue weighted by atomic mass is 10.1. The fraction of sp³-hybridized carbons (Fsp3) is 0.500. The first-order valence-corrected chi connectivity index (χ1v) is 10.3. The van der Waals surface area contributed by atoms with E-state index in [4.69, 9.17) is 4.74 Å². The summed E-state index contributed by atoms with van der Waals surface area (Å²) < 4.78 is 71.4. The van der Waals surface area contributed by atoms with Crippen molar-refractivity contribution < 1.29 is 31.1 Å². The summed E-state index contributed by atoms with van der Waals surface area (Å²) in [5.74, 6) is -0.360. The fourth-order valence-electron chi connectivity index (χ4n) is 3.09. The number of nitrogens with one attached hydrogen (secondary N) is 1. The van der Waals surface area contributed by atoms with E-state index < -0.39 is 39.2 Å². The maximum atomic E-state index is 12.8. The second-order valence-electron chi connectivity index (χ2n) is 6.96. The van der Waals surface area contributed by atoms with Crippen LogP contribution < -0.4 is 4.72 Å². The Kier molecular flexibility index (Phi) is 5.83. The highest BCUT2D eigenvalue weighted by Crippen LogP contribution is 2.30. The molecule has 2 atom stereocenters. The predicted octanol–water partition coefficient (Wildman–Crippen LogP) is 2.07. The topological polar surface area (TPSA) is 75.7 Å². The molecule has 154 valence electrons. The van der Waals surface area contributed by atoms with Crippen LogP contribution in [0.5, 0.6) is 0 Å². The van der Waals surface area contributed by atoms with Gasteiger partial charge in [-0.05, 0) is 36.6 Å². The molecular formula is C18H21F3N2O4S. The molecule has 2 fully saturated rings. The zero-order valence-corrected chi connectivity index (χ0v) is 15.8. The van der Waals surface area contributed by atoms with Gasteiger partial charge in [-0.25, -0.2) is 13.1 Å². The van der Waals surface area contributed by atoms with Gasteiger partial charge in [-0.2, -0.15) is 13.2 Å². The van der Waals surface area contributed by atoms with Gasteiger partial charge in [0.1, 0.15) is 0 Å². The van der Waals surface area contributed by atoms with Crippen molar-refractivity contribution in [3.63, 3.8) is 0 Å². The second kappa shape index (κ2) is 7.84. The number of sulfonamides is 1. The zero-order chi connectivity index (χ0) is 20.5. The number of nitrogens with zero attached hydrogens (tertiary/aromatic N) is 1. The molecule has 1 aromatic rings. The van der Waals surface area contributed by atoms with Crippen molar-refractivity contribution in [2.45, 2.75) is 43.0 Å². The molecule has 6 nitrogen and oxygen atoms in total. The summed E-state index contributed by atoms with van der Waals surface area (Å²) in [6.07, 6.45) is -2.83. The van der Waals surface area contributed by atoms with E-state index in [2.05, 4.69) is 11.3 Å². The molecule has 0 radical (unpaired) electrons. The molecule has 28 heavy (non-hydrogen) atoms. The third-order valence-corrected chi connectivity index (χ3v) is 6.73. The lowest BCUT2D eigenvalue weighted by Gasteiger charge is -2.20. The third kappa shape index (κ3) is 4.92. The maximum Gasteiger partial charge on any atom is 0.416 e. The van der Waals surface area contributed by atoms with E-state index in [0.717, 1.165) is 18.2 Å². The van der Waals surface area contributed by atoms with E-state index in [9.17, 15) is 26.4 Å². The van der Waals surface area contributed by atoms with Crippen LogP contribution in [0.4, 0.5) is 13.2 Å². The lowest BCUT2D eigenvalue weighted by molar-refractivity contribution is -0.137. The summed E-state index contributed by atoms with van der Waals surface area (Å²) >= 11 is 0. The van der Waals surface area contributed by atoms with Gasteiger partial charge in [-0.3, -0.25) is 4.79 Å². The van der Waals surface area contributed by atoms with Crippen molar-refractivity contribution in [2.75, 3.05) is 13.1 Å². The van der Waals surface area contributed by atoms with Gasteiger partial charge < -0.3 is 9.64 Å². The molecule has 1 saturated carbocycles. The van der Waals surface area contributed by atoms with Crippen molar-refractivity contribution in [2.24, 2.45) is 0 Å². The molecule has 3 rings (SSSR count). The predicted molar refractivity (Wildman–Crippen MR) is 95.7 cm³/mol. The molecule has 1 aromatic carbocycles. The number of ether oxygens (including phenoxy) is 1. The number of alkyl halides is 3.